The van der Waals surface area contributed by atoms with Crippen molar-refractivity contribution in [1.82, 2.24) is 5.16 Å². The summed E-state index contributed by atoms with van der Waals surface area (Å²) >= 11 is 1.41. The van der Waals surface area contributed by atoms with Crippen molar-refractivity contribution in [1.29, 1.82) is 0 Å². The van der Waals surface area contributed by atoms with Gasteiger partial charge in [-0.15, -0.1) is 0 Å². The molecule has 6 nitrogen and oxygen atoms in total. The first-order valence-electron chi connectivity index (χ1n) is 4.63. The van der Waals surface area contributed by atoms with Crippen molar-refractivity contribution in [2.75, 3.05) is 12.9 Å². The van der Waals surface area contributed by atoms with Gasteiger partial charge in [-0.3, -0.25) is 4.79 Å². The van der Waals surface area contributed by atoms with Crippen LogP contribution in [0.1, 0.15) is 11.5 Å². The van der Waals surface area contributed by atoms with Gasteiger partial charge < -0.3 is 20.1 Å². The Kier molecular flexibility index (Phi) is 5.30. The number of aliphatic carboxylic acids is 1. The number of hydrogen-bond acceptors (Lipinski definition) is 6. The summed E-state index contributed by atoms with van der Waals surface area (Å²) in [6.07, 6.45) is 0. The molecule has 1 rings (SSSR count). The largest absolute Gasteiger partial charge is 0.480 e. The van der Waals surface area contributed by atoms with Crippen LogP contribution < -0.4 is 5.73 Å². The van der Waals surface area contributed by atoms with E-state index in [1.807, 2.05) is 0 Å². The lowest BCUT2D eigenvalue weighted by Gasteiger charge is -2.03. The van der Waals surface area contributed by atoms with Gasteiger partial charge >= 0.3 is 5.97 Å². The van der Waals surface area contributed by atoms with Gasteiger partial charge in [0.2, 0.25) is 0 Å². The second-order valence-corrected chi connectivity index (χ2v) is 4.21. The topological polar surface area (TPSA) is 98.6 Å². The molecule has 1 heterocycles. The number of rotatable bonds is 7. The van der Waals surface area contributed by atoms with E-state index >= 15 is 0 Å². The van der Waals surface area contributed by atoms with Gasteiger partial charge in [0.25, 0.3) is 0 Å². The van der Waals surface area contributed by atoms with Crippen molar-refractivity contribution in [2.24, 2.45) is 5.73 Å². The molecule has 3 N–H and O–H groups in total. The first kappa shape index (κ1) is 13.0. The molecule has 0 aliphatic rings. The van der Waals surface area contributed by atoms with E-state index in [-0.39, 0.29) is 0 Å². The quantitative estimate of drug-likeness (QED) is 0.721. The predicted octanol–water partition coefficient (Wildman–Crippen LogP) is 0.466. The first-order chi connectivity index (χ1) is 7.63. The molecule has 0 saturated heterocycles. The summed E-state index contributed by atoms with van der Waals surface area (Å²) < 4.78 is 9.85. The Morgan fingerprint density at radius 3 is 3.19 bits per heavy atom. The molecule has 0 aromatic carbocycles. The Hall–Kier alpha value is -1.05. The third-order valence-corrected chi connectivity index (χ3v) is 2.85. The number of carboxylic acid groups (broad SMARTS) is 1. The summed E-state index contributed by atoms with van der Waals surface area (Å²) in [5.74, 6) is 0.587. The Morgan fingerprint density at radius 1 is 1.81 bits per heavy atom. The number of thioether (sulfide) groups is 1. The van der Waals surface area contributed by atoms with Crippen molar-refractivity contribution in [3.8, 4) is 0 Å². The average Bonchev–Trinajstić information content (AvgIpc) is 2.66. The van der Waals surface area contributed by atoms with Crippen LogP contribution in [-0.2, 0) is 21.9 Å². The third-order valence-electron chi connectivity index (χ3n) is 1.76. The minimum atomic E-state index is -0.993. The minimum Gasteiger partial charge on any atom is -0.480 e. The van der Waals surface area contributed by atoms with Gasteiger partial charge in [0, 0.05) is 24.7 Å². The number of nitrogens with zero attached hydrogens (tertiary/aromatic N) is 1. The van der Waals surface area contributed by atoms with Crippen LogP contribution in [0.5, 0.6) is 0 Å². The van der Waals surface area contributed by atoms with Gasteiger partial charge in [-0.05, 0) is 0 Å². The normalized spacial score (nSPS) is 12.6. The smallest absolute Gasteiger partial charge is 0.321 e. The number of hydrogen-bond donors (Lipinski definition) is 2. The Bertz CT molecular complexity index is 342. The fourth-order valence-corrected chi connectivity index (χ4v) is 1.86. The second-order valence-electron chi connectivity index (χ2n) is 3.18. The minimum absolute atomic E-state index is 0.349. The van der Waals surface area contributed by atoms with Crippen LogP contribution in [0.25, 0.3) is 0 Å². The van der Waals surface area contributed by atoms with Crippen LogP contribution in [0, 0.1) is 0 Å². The number of nitrogens with two attached hydrogens (primary N) is 1. The van der Waals surface area contributed by atoms with Gasteiger partial charge in [-0.25, -0.2) is 0 Å². The maximum Gasteiger partial charge on any atom is 0.321 e. The van der Waals surface area contributed by atoms with Crippen molar-refractivity contribution >= 4 is 17.7 Å². The lowest BCUT2D eigenvalue weighted by Crippen LogP contribution is -2.32. The van der Waals surface area contributed by atoms with Crippen LogP contribution in [0.4, 0.5) is 0 Å². The molecule has 0 radical (unpaired) electrons. The molecule has 1 aromatic heterocycles. The van der Waals surface area contributed by atoms with E-state index in [9.17, 15) is 4.79 Å². The Labute approximate surface area is 97.1 Å². The van der Waals surface area contributed by atoms with E-state index in [4.69, 9.17) is 20.1 Å². The summed E-state index contributed by atoms with van der Waals surface area (Å²) in [7, 11) is 1.57. The van der Waals surface area contributed by atoms with E-state index in [1.165, 1.54) is 11.8 Å². The van der Waals surface area contributed by atoms with E-state index in [1.54, 1.807) is 13.2 Å². The number of carboxylic acids is 1. The summed E-state index contributed by atoms with van der Waals surface area (Å²) in [6.45, 7) is 0.381. The van der Waals surface area contributed by atoms with Crippen LogP contribution in [0.15, 0.2) is 10.6 Å². The SMILES string of the molecule is COCc1cc(CSC[C@H](N)C(=O)O)no1. The van der Waals surface area contributed by atoms with Gasteiger partial charge in [-0.1, -0.05) is 5.16 Å². The highest BCUT2D eigenvalue weighted by Crippen LogP contribution is 2.13. The Balaban J connectivity index is 2.29. The number of carbonyl (C=O) groups is 1. The van der Waals surface area contributed by atoms with Crippen LogP contribution >= 0.6 is 11.8 Å². The molecule has 0 unspecified atom stereocenters. The standard InChI is InChI=1S/C9H14N2O4S/c1-14-3-7-2-6(11-15-7)4-16-5-8(10)9(12)13/h2,8H,3-5,10H2,1H3,(H,12,13)/t8-/m0/s1. The molecule has 1 atom stereocenters. The molecule has 90 valence electrons. The molecular formula is C9H14N2O4S. The highest BCUT2D eigenvalue weighted by molar-refractivity contribution is 7.98. The second kappa shape index (κ2) is 6.51. The van der Waals surface area contributed by atoms with Gasteiger partial charge in [0.1, 0.15) is 12.6 Å². The maximum absolute atomic E-state index is 10.4. The summed E-state index contributed by atoms with van der Waals surface area (Å²) in [4.78, 5) is 10.4. The molecule has 0 bridgehead atoms. The molecular weight excluding hydrogens is 232 g/mol. The van der Waals surface area contributed by atoms with Crippen molar-refractivity contribution < 1.29 is 19.2 Å². The molecule has 0 fully saturated rings. The van der Waals surface area contributed by atoms with Gasteiger partial charge in [0.05, 0.1) is 5.69 Å². The number of ether oxygens (including phenoxy) is 1. The summed E-state index contributed by atoms with van der Waals surface area (Å²) in [6, 6.07) is 0.943. The van der Waals surface area contributed by atoms with E-state index < -0.39 is 12.0 Å². The van der Waals surface area contributed by atoms with Crippen LogP contribution in [-0.4, -0.2) is 35.1 Å². The van der Waals surface area contributed by atoms with Crippen LogP contribution in [0.3, 0.4) is 0 Å². The zero-order valence-electron chi connectivity index (χ0n) is 8.88. The third kappa shape index (κ3) is 4.21. The zero-order valence-corrected chi connectivity index (χ0v) is 9.70. The number of methoxy groups -OCH3 is 1. The summed E-state index contributed by atoms with van der Waals surface area (Å²) in [5.41, 5.74) is 6.11. The first-order valence-corrected chi connectivity index (χ1v) is 5.78. The van der Waals surface area contributed by atoms with Crippen LogP contribution in [0.2, 0.25) is 0 Å². The zero-order chi connectivity index (χ0) is 12.0. The lowest BCUT2D eigenvalue weighted by molar-refractivity contribution is -0.137. The highest BCUT2D eigenvalue weighted by atomic mass is 32.2. The molecule has 0 spiro atoms. The van der Waals surface area contributed by atoms with E-state index in [2.05, 4.69) is 5.16 Å². The highest BCUT2D eigenvalue weighted by Gasteiger charge is 2.11. The van der Waals surface area contributed by atoms with E-state index in [0.29, 0.717) is 23.9 Å². The van der Waals surface area contributed by atoms with Gasteiger partial charge in [-0.2, -0.15) is 11.8 Å². The van der Waals surface area contributed by atoms with Crippen molar-refractivity contribution in [3.05, 3.63) is 17.5 Å². The molecule has 0 aliphatic carbocycles. The molecule has 16 heavy (non-hydrogen) atoms. The number of aromatic nitrogens is 1. The van der Waals surface area contributed by atoms with Gasteiger partial charge in [0.15, 0.2) is 5.76 Å². The van der Waals surface area contributed by atoms with Crippen molar-refractivity contribution in [2.45, 2.75) is 18.4 Å². The molecule has 0 saturated carbocycles. The average molecular weight is 246 g/mol. The molecule has 0 aliphatic heterocycles. The predicted molar refractivity (Wildman–Crippen MR) is 59.0 cm³/mol. The molecule has 7 heteroatoms. The fraction of sp³-hybridized carbons (Fsp3) is 0.556. The molecule has 1 aromatic rings. The fourth-order valence-electron chi connectivity index (χ4n) is 0.996. The van der Waals surface area contributed by atoms with E-state index in [0.717, 1.165) is 5.69 Å². The maximum atomic E-state index is 10.4. The monoisotopic (exact) mass is 246 g/mol. The summed E-state index contributed by atoms with van der Waals surface area (Å²) in [5, 5.41) is 12.4. The lowest BCUT2D eigenvalue weighted by atomic mass is 10.4. The van der Waals surface area contributed by atoms with Crippen molar-refractivity contribution in [3.63, 3.8) is 0 Å². The molecule has 0 amide bonds. The Morgan fingerprint density at radius 2 is 2.56 bits per heavy atom.